The quantitative estimate of drug-likeness (QED) is 0.816. The van der Waals surface area contributed by atoms with Gasteiger partial charge in [-0.15, -0.1) is 0 Å². The highest BCUT2D eigenvalue weighted by molar-refractivity contribution is 6.28. The van der Waals surface area contributed by atoms with Crippen LogP contribution in [0.2, 0.25) is 5.28 Å². The van der Waals surface area contributed by atoms with Crippen molar-refractivity contribution in [3.63, 3.8) is 0 Å². The van der Waals surface area contributed by atoms with Gasteiger partial charge in [-0.25, -0.2) is 9.97 Å². The van der Waals surface area contributed by atoms with E-state index in [1.165, 1.54) is 38.5 Å². The number of nitrogens with one attached hydrogen (secondary N) is 1. The first kappa shape index (κ1) is 13.8. The van der Waals surface area contributed by atoms with Crippen LogP contribution in [0.4, 0.5) is 5.82 Å². The Balaban J connectivity index is 1.68. The van der Waals surface area contributed by atoms with Crippen LogP contribution in [-0.2, 0) is 0 Å². The van der Waals surface area contributed by atoms with Crippen molar-refractivity contribution in [1.82, 2.24) is 9.97 Å². The van der Waals surface area contributed by atoms with Crippen molar-refractivity contribution in [2.75, 3.05) is 5.32 Å². The van der Waals surface area contributed by atoms with Crippen molar-refractivity contribution in [2.45, 2.75) is 64.8 Å². The van der Waals surface area contributed by atoms with E-state index < -0.39 is 0 Å². The second kappa shape index (κ2) is 4.34. The third-order valence-corrected chi connectivity index (χ3v) is 6.27. The van der Waals surface area contributed by atoms with Crippen LogP contribution in [0.5, 0.6) is 0 Å². The highest BCUT2D eigenvalue weighted by atomic mass is 35.5. The molecule has 5 rings (SSSR count). The predicted molar refractivity (Wildman–Crippen MR) is 85.7 cm³/mol. The molecule has 0 saturated heterocycles. The van der Waals surface area contributed by atoms with Crippen molar-refractivity contribution in [3.8, 4) is 0 Å². The summed E-state index contributed by atoms with van der Waals surface area (Å²) in [6.07, 6.45) is 8.19. The molecule has 4 bridgehead atoms. The van der Waals surface area contributed by atoms with Gasteiger partial charge in [-0.3, -0.25) is 0 Å². The van der Waals surface area contributed by atoms with E-state index in [0.717, 1.165) is 28.9 Å². The van der Waals surface area contributed by atoms with Gasteiger partial charge in [-0.05, 0) is 81.2 Å². The Morgan fingerprint density at radius 3 is 2.38 bits per heavy atom. The van der Waals surface area contributed by atoms with E-state index in [4.69, 9.17) is 11.6 Å². The van der Waals surface area contributed by atoms with E-state index in [-0.39, 0.29) is 5.54 Å². The van der Waals surface area contributed by atoms with Crippen LogP contribution in [-0.4, -0.2) is 15.5 Å². The van der Waals surface area contributed by atoms with Crippen LogP contribution in [0.15, 0.2) is 0 Å². The number of hydrogen-bond acceptors (Lipinski definition) is 3. The van der Waals surface area contributed by atoms with Crippen molar-refractivity contribution >= 4 is 17.4 Å². The molecule has 114 valence electrons. The molecule has 0 spiro atoms. The molecule has 21 heavy (non-hydrogen) atoms. The topological polar surface area (TPSA) is 37.8 Å². The second-order valence-corrected chi connectivity index (χ2v) is 8.57. The van der Waals surface area contributed by atoms with E-state index in [1.807, 2.05) is 6.92 Å². The fourth-order valence-corrected chi connectivity index (χ4v) is 6.05. The van der Waals surface area contributed by atoms with Crippen LogP contribution in [0.3, 0.4) is 0 Å². The van der Waals surface area contributed by atoms with Crippen LogP contribution in [0, 0.1) is 31.1 Å². The number of nitrogens with zero attached hydrogens (tertiary/aromatic N) is 2. The first-order chi connectivity index (χ1) is 9.86. The molecular weight excluding hydrogens is 282 g/mol. The lowest BCUT2D eigenvalue weighted by molar-refractivity contribution is -0.0480. The summed E-state index contributed by atoms with van der Waals surface area (Å²) in [7, 11) is 0. The predicted octanol–water partition coefficient (Wildman–Crippen LogP) is 4.52. The fourth-order valence-electron chi connectivity index (χ4n) is 5.83. The molecule has 1 heterocycles. The van der Waals surface area contributed by atoms with Crippen molar-refractivity contribution in [1.29, 1.82) is 0 Å². The molecule has 0 radical (unpaired) electrons. The highest BCUT2D eigenvalue weighted by Gasteiger charge is 2.56. The minimum Gasteiger partial charge on any atom is -0.364 e. The molecule has 0 aromatic carbocycles. The van der Waals surface area contributed by atoms with Crippen LogP contribution >= 0.6 is 11.6 Å². The molecule has 3 nitrogen and oxygen atoms in total. The summed E-state index contributed by atoms with van der Waals surface area (Å²) < 4.78 is 0. The Morgan fingerprint density at radius 2 is 1.76 bits per heavy atom. The number of anilines is 1. The Morgan fingerprint density at radius 1 is 1.10 bits per heavy atom. The molecule has 1 aromatic heterocycles. The number of rotatable bonds is 2. The van der Waals surface area contributed by atoms with Gasteiger partial charge in [0, 0.05) is 16.8 Å². The lowest BCUT2D eigenvalue weighted by Crippen LogP contribution is -2.58. The third-order valence-electron chi connectivity index (χ3n) is 6.10. The van der Waals surface area contributed by atoms with Gasteiger partial charge < -0.3 is 5.32 Å². The highest BCUT2D eigenvalue weighted by Crippen LogP contribution is 2.62. The number of halogens is 1. The molecule has 1 aromatic rings. The van der Waals surface area contributed by atoms with Gasteiger partial charge in [0.1, 0.15) is 5.82 Å². The Hall–Kier alpha value is -0.830. The van der Waals surface area contributed by atoms with Crippen molar-refractivity contribution in [2.24, 2.45) is 17.3 Å². The average Bonchev–Trinajstić information content (AvgIpc) is 2.31. The average molecular weight is 306 g/mol. The second-order valence-electron chi connectivity index (χ2n) is 8.23. The first-order valence-corrected chi connectivity index (χ1v) is 8.53. The third kappa shape index (κ3) is 2.25. The summed E-state index contributed by atoms with van der Waals surface area (Å²) in [5.41, 5.74) is 2.90. The summed E-state index contributed by atoms with van der Waals surface area (Å²) in [5.74, 6) is 2.77. The molecule has 2 unspecified atom stereocenters. The lowest BCUT2D eigenvalue weighted by Gasteiger charge is -2.61. The van der Waals surface area contributed by atoms with Gasteiger partial charge in [0.25, 0.3) is 0 Å². The normalized spacial score (nSPS) is 40.6. The number of aromatic nitrogens is 2. The maximum absolute atomic E-state index is 6.07. The number of hydrogen-bond donors (Lipinski definition) is 1. The smallest absolute Gasteiger partial charge is 0.224 e. The number of aryl methyl sites for hydroxylation is 1. The SMILES string of the molecule is Cc1nc(Cl)nc(N[C@]23CC4CC(C[C@](C)(C4)C2)C3)c1C. The zero-order valence-electron chi connectivity index (χ0n) is 13.2. The standard InChI is InChI=1S/C17H24ClN3/c1-10-11(2)19-15(18)20-14(10)21-17-7-12-4-13(8-17)6-16(3,5-12)9-17/h12-13H,4-9H2,1-3H3,(H,19,20,21)/t12?,13?,16-,17-. The van der Waals surface area contributed by atoms with Crippen LogP contribution in [0.25, 0.3) is 0 Å². The fraction of sp³-hybridized carbons (Fsp3) is 0.765. The molecular formula is C17H24ClN3. The van der Waals surface area contributed by atoms with Crippen LogP contribution in [0.1, 0.15) is 56.7 Å². The maximum Gasteiger partial charge on any atom is 0.224 e. The molecule has 4 fully saturated rings. The Kier molecular flexibility index (Phi) is 2.86. The summed E-state index contributed by atoms with van der Waals surface area (Å²) in [6.45, 7) is 6.59. The van der Waals surface area contributed by atoms with E-state index in [2.05, 4.69) is 29.1 Å². The molecule has 4 aliphatic rings. The summed E-state index contributed by atoms with van der Waals surface area (Å²) in [5, 5.41) is 4.18. The summed E-state index contributed by atoms with van der Waals surface area (Å²) >= 11 is 6.07. The van der Waals surface area contributed by atoms with Crippen molar-refractivity contribution < 1.29 is 0 Å². The minimum atomic E-state index is 0.244. The molecule has 4 saturated carbocycles. The molecule has 1 N–H and O–H groups in total. The van der Waals surface area contributed by atoms with Crippen molar-refractivity contribution in [3.05, 3.63) is 16.5 Å². The molecule has 4 heteroatoms. The van der Waals surface area contributed by atoms with Gasteiger partial charge in [0.05, 0.1) is 0 Å². The van der Waals surface area contributed by atoms with E-state index in [1.54, 1.807) is 0 Å². The monoisotopic (exact) mass is 305 g/mol. The Bertz CT molecular complexity index is 584. The lowest BCUT2D eigenvalue weighted by atomic mass is 9.47. The van der Waals surface area contributed by atoms with Gasteiger partial charge in [0.2, 0.25) is 5.28 Å². The Labute approximate surface area is 131 Å². The molecule has 0 amide bonds. The van der Waals surface area contributed by atoms with Gasteiger partial charge >= 0.3 is 0 Å². The molecule has 4 aliphatic carbocycles. The summed E-state index contributed by atoms with van der Waals surface area (Å²) in [4.78, 5) is 8.73. The van der Waals surface area contributed by atoms with Gasteiger partial charge in [-0.1, -0.05) is 6.92 Å². The zero-order chi connectivity index (χ0) is 14.8. The van der Waals surface area contributed by atoms with E-state index in [9.17, 15) is 0 Å². The molecule has 2 atom stereocenters. The maximum atomic E-state index is 6.07. The van der Waals surface area contributed by atoms with Gasteiger partial charge in [-0.2, -0.15) is 0 Å². The zero-order valence-corrected chi connectivity index (χ0v) is 13.9. The first-order valence-electron chi connectivity index (χ1n) is 8.15. The van der Waals surface area contributed by atoms with Gasteiger partial charge in [0.15, 0.2) is 0 Å². The van der Waals surface area contributed by atoms with E-state index in [0.29, 0.717) is 10.7 Å². The molecule has 0 aliphatic heterocycles. The van der Waals surface area contributed by atoms with E-state index >= 15 is 0 Å². The largest absolute Gasteiger partial charge is 0.364 e. The minimum absolute atomic E-state index is 0.244. The summed E-state index contributed by atoms with van der Waals surface area (Å²) in [6, 6.07) is 0. The van der Waals surface area contributed by atoms with Crippen LogP contribution < -0.4 is 5.32 Å².